The van der Waals surface area contributed by atoms with Crippen LogP contribution in [-0.4, -0.2) is 34.5 Å². The maximum atomic E-state index is 12.5. The first-order chi connectivity index (χ1) is 13.6. The molecule has 0 aliphatic rings. The third-order valence-corrected chi connectivity index (χ3v) is 5.99. The number of hydrogen-bond acceptors (Lipinski definition) is 4. The Balaban J connectivity index is 0.000000300. The van der Waals surface area contributed by atoms with Crippen molar-refractivity contribution in [1.29, 1.82) is 0 Å². The molecule has 0 spiro atoms. The number of hydrogen-bond donors (Lipinski definition) is 2. The lowest BCUT2D eigenvalue weighted by atomic mass is 10.0. The second kappa shape index (κ2) is 10.3. The minimum absolute atomic E-state index is 0.0578. The molecule has 2 rings (SSSR count). The predicted molar refractivity (Wildman–Crippen MR) is 100 cm³/mol. The second-order valence-electron chi connectivity index (χ2n) is 6.28. The van der Waals surface area contributed by atoms with Gasteiger partial charge in [-0.3, -0.25) is 9.59 Å². The van der Waals surface area contributed by atoms with Crippen LogP contribution in [-0.2, 0) is 9.59 Å². The number of aliphatic carboxylic acids is 2. The van der Waals surface area contributed by atoms with Crippen LogP contribution in [0.3, 0.4) is 0 Å². The van der Waals surface area contributed by atoms with Gasteiger partial charge in [0.05, 0.1) is 24.7 Å². The van der Waals surface area contributed by atoms with Gasteiger partial charge in [0.25, 0.3) is 0 Å². The van der Waals surface area contributed by atoms with E-state index in [-0.39, 0.29) is 9.75 Å². The Labute approximate surface area is 175 Å². The fraction of sp³-hybridized carbons (Fsp3) is 0.444. The van der Waals surface area contributed by atoms with Crippen LogP contribution in [0.4, 0.5) is 26.3 Å². The highest BCUT2D eigenvalue weighted by Crippen LogP contribution is 2.41. The molecule has 2 aromatic heterocycles. The summed E-state index contributed by atoms with van der Waals surface area (Å²) in [4.78, 5) is 22.3. The van der Waals surface area contributed by atoms with Crippen LogP contribution in [0.15, 0.2) is 24.3 Å². The Hall–Kier alpha value is -2.08. The van der Waals surface area contributed by atoms with E-state index in [1.54, 1.807) is 26.0 Å². The molecule has 168 valence electrons. The van der Waals surface area contributed by atoms with Gasteiger partial charge >= 0.3 is 24.3 Å². The highest BCUT2D eigenvalue weighted by Gasteiger charge is 2.43. The maximum absolute atomic E-state index is 12.5. The monoisotopic (exact) mass is 476 g/mol. The summed E-state index contributed by atoms with van der Waals surface area (Å²) in [6, 6.07) is 5.78. The molecule has 0 saturated heterocycles. The van der Waals surface area contributed by atoms with Gasteiger partial charge in [0.1, 0.15) is 0 Å². The van der Waals surface area contributed by atoms with E-state index in [0.717, 1.165) is 32.4 Å². The van der Waals surface area contributed by atoms with Crippen molar-refractivity contribution in [2.45, 2.75) is 50.9 Å². The maximum Gasteiger partial charge on any atom is 0.397 e. The number of halogens is 6. The zero-order valence-corrected chi connectivity index (χ0v) is 17.3. The van der Waals surface area contributed by atoms with Crippen molar-refractivity contribution in [3.05, 3.63) is 43.8 Å². The smallest absolute Gasteiger partial charge is 0.397 e. The lowest BCUT2D eigenvalue weighted by molar-refractivity contribution is -0.162. The molecule has 0 bridgehead atoms. The molecule has 2 unspecified atom stereocenters. The molecule has 0 radical (unpaired) electrons. The summed E-state index contributed by atoms with van der Waals surface area (Å²) in [6.07, 6.45) is -10.8. The van der Waals surface area contributed by atoms with E-state index in [1.165, 1.54) is 12.1 Å². The van der Waals surface area contributed by atoms with Gasteiger partial charge in [-0.15, -0.1) is 22.7 Å². The van der Waals surface area contributed by atoms with Gasteiger partial charge in [-0.2, -0.15) is 26.3 Å². The van der Waals surface area contributed by atoms with Crippen molar-refractivity contribution in [3.63, 3.8) is 0 Å². The van der Waals surface area contributed by atoms with Crippen molar-refractivity contribution in [1.82, 2.24) is 0 Å². The third-order valence-electron chi connectivity index (χ3n) is 3.76. The molecule has 0 amide bonds. The van der Waals surface area contributed by atoms with E-state index in [9.17, 15) is 35.9 Å². The molecule has 12 heteroatoms. The van der Waals surface area contributed by atoms with E-state index in [4.69, 9.17) is 10.2 Å². The Morgan fingerprint density at radius 2 is 1.07 bits per heavy atom. The van der Waals surface area contributed by atoms with Crippen LogP contribution in [0.5, 0.6) is 0 Å². The zero-order chi connectivity index (χ0) is 23.3. The molecule has 0 aromatic carbocycles. The normalized spacial score (nSPS) is 13.9. The first kappa shape index (κ1) is 26.0. The first-order valence-electron chi connectivity index (χ1n) is 8.31. The van der Waals surface area contributed by atoms with Crippen LogP contribution in [0.2, 0.25) is 0 Å². The fourth-order valence-corrected chi connectivity index (χ4v) is 4.39. The van der Waals surface area contributed by atoms with Crippen LogP contribution in [0, 0.1) is 13.8 Å². The molecule has 2 heterocycles. The SMILES string of the molecule is Cc1ccc(C(CC(=O)O)C(F)(F)F)s1.Cc1ccc(C(CC(=O)O)C(F)(F)F)s1. The molecule has 2 atom stereocenters. The lowest BCUT2D eigenvalue weighted by Crippen LogP contribution is -2.22. The molecule has 0 saturated carbocycles. The standard InChI is InChI=1S/2C9H9F3O2S/c2*1-5-2-3-7(15-5)6(4-8(13)14)9(10,11)12/h2*2-3,6H,4H2,1H3,(H,13,14). The number of aryl methyl sites for hydroxylation is 2. The topological polar surface area (TPSA) is 74.6 Å². The average molecular weight is 476 g/mol. The summed E-state index contributed by atoms with van der Waals surface area (Å²) in [5.41, 5.74) is 0. The zero-order valence-electron chi connectivity index (χ0n) is 15.7. The minimum Gasteiger partial charge on any atom is -0.481 e. The molecule has 30 heavy (non-hydrogen) atoms. The van der Waals surface area contributed by atoms with Crippen molar-refractivity contribution in [2.24, 2.45) is 0 Å². The van der Waals surface area contributed by atoms with Gasteiger partial charge < -0.3 is 10.2 Å². The predicted octanol–water partition coefficient (Wildman–Crippen LogP) is 6.35. The van der Waals surface area contributed by atoms with Gasteiger partial charge in [0.15, 0.2) is 0 Å². The van der Waals surface area contributed by atoms with Gasteiger partial charge in [-0.1, -0.05) is 0 Å². The van der Waals surface area contributed by atoms with E-state index in [2.05, 4.69) is 0 Å². The Kier molecular flexibility index (Phi) is 8.90. The van der Waals surface area contributed by atoms with Crippen LogP contribution in [0.1, 0.15) is 44.2 Å². The van der Waals surface area contributed by atoms with Gasteiger partial charge in [0, 0.05) is 19.5 Å². The van der Waals surface area contributed by atoms with E-state index in [1.807, 2.05) is 0 Å². The van der Waals surface area contributed by atoms with Gasteiger partial charge in [0.2, 0.25) is 0 Å². The Morgan fingerprint density at radius 3 is 1.23 bits per heavy atom. The number of alkyl halides is 6. The summed E-state index contributed by atoms with van der Waals surface area (Å²) in [7, 11) is 0. The molecule has 4 nitrogen and oxygen atoms in total. The summed E-state index contributed by atoms with van der Waals surface area (Å²) in [5, 5.41) is 16.8. The van der Waals surface area contributed by atoms with Crippen molar-refractivity contribution < 1.29 is 46.1 Å². The molecule has 0 aliphatic heterocycles. The fourth-order valence-electron chi connectivity index (χ4n) is 2.39. The van der Waals surface area contributed by atoms with Crippen LogP contribution < -0.4 is 0 Å². The van der Waals surface area contributed by atoms with E-state index in [0.29, 0.717) is 0 Å². The number of carboxylic acid groups (broad SMARTS) is 2. The molecular weight excluding hydrogens is 458 g/mol. The molecule has 0 fully saturated rings. The average Bonchev–Trinajstić information content (AvgIpc) is 3.17. The van der Waals surface area contributed by atoms with Crippen molar-refractivity contribution >= 4 is 34.6 Å². The third kappa shape index (κ3) is 8.34. The van der Waals surface area contributed by atoms with Gasteiger partial charge in [-0.25, -0.2) is 0 Å². The van der Waals surface area contributed by atoms with Crippen LogP contribution in [0.25, 0.3) is 0 Å². The minimum atomic E-state index is -4.50. The van der Waals surface area contributed by atoms with Crippen molar-refractivity contribution in [3.8, 4) is 0 Å². The second-order valence-corrected chi connectivity index (χ2v) is 8.92. The summed E-state index contributed by atoms with van der Waals surface area (Å²) in [6.45, 7) is 3.37. The number of carbonyl (C=O) groups is 2. The molecule has 0 aliphatic carbocycles. The summed E-state index contributed by atoms with van der Waals surface area (Å²) < 4.78 is 75.1. The lowest BCUT2D eigenvalue weighted by Gasteiger charge is -2.16. The molecule has 2 aromatic rings. The van der Waals surface area contributed by atoms with Crippen molar-refractivity contribution in [2.75, 3.05) is 0 Å². The molecule has 2 N–H and O–H groups in total. The largest absolute Gasteiger partial charge is 0.481 e. The Morgan fingerprint density at radius 1 is 0.767 bits per heavy atom. The summed E-state index contributed by atoms with van der Waals surface area (Å²) in [5.74, 6) is -6.67. The van der Waals surface area contributed by atoms with E-state index >= 15 is 0 Å². The quantitative estimate of drug-likeness (QED) is 0.476. The van der Waals surface area contributed by atoms with Gasteiger partial charge in [-0.05, 0) is 38.1 Å². The van der Waals surface area contributed by atoms with E-state index < -0.39 is 49.0 Å². The number of carboxylic acids is 2. The highest BCUT2D eigenvalue weighted by molar-refractivity contribution is 7.12. The molecular formula is C18H18F6O4S2. The number of rotatable bonds is 6. The summed E-state index contributed by atoms with van der Waals surface area (Å²) >= 11 is 1.96. The Bertz CT molecular complexity index is 783. The van der Waals surface area contributed by atoms with Crippen LogP contribution >= 0.6 is 22.7 Å². The highest BCUT2D eigenvalue weighted by atomic mass is 32.1. The number of thiophene rings is 2. The first-order valence-corrected chi connectivity index (χ1v) is 9.94.